The van der Waals surface area contributed by atoms with E-state index in [9.17, 15) is 4.79 Å². The minimum absolute atomic E-state index is 0.196. The van der Waals surface area contributed by atoms with Crippen LogP contribution in [0.25, 0.3) is 0 Å². The van der Waals surface area contributed by atoms with Crippen LogP contribution >= 0.6 is 27.3 Å². The molecule has 0 saturated carbocycles. The van der Waals surface area contributed by atoms with Gasteiger partial charge in [0.15, 0.2) is 0 Å². The summed E-state index contributed by atoms with van der Waals surface area (Å²) in [6.45, 7) is 1.39. The molecule has 1 heterocycles. The van der Waals surface area contributed by atoms with Gasteiger partial charge in [-0.2, -0.15) is 0 Å². The highest BCUT2D eigenvalue weighted by molar-refractivity contribution is 9.11. The molecule has 0 bridgehead atoms. The van der Waals surface area contributed by atoms with E-state index in [1.54, 1.807) is 11.3 Å². The molecule has 0 saturated heterocycles. The minimum atomic E-state index is -0.747. The minimum Gasteiger partial charge on any atom is -0.481 e. The topological polar surface area (TPSA) is 40.5 Å². The van der Waals surface area contributed by atoms with Crippen LogP contribution in [-0.4, -0.2) is 29.6 Å². The van der Waals surface area contributed by atoms with Gasteiger partial charge < -0.3 is 10.0 Å². The summed E-state index contributed by atoms with van der Waals surface area (Å²) >= 11 is 5.03. The maximum absolute atomic E-state index is 10.3. The summed E-state index contributed by atoms with van der Waals surface area (Å²) in [6.07, 6.45) is 0.196. The Balaban J connectivity index is 2.33. The summed E-state index contributed by atoms with van der Waals surface area (Å²) in [5.74, 6) is -0.747. The lowest BCUT2D eigenvalue weighted by Gasteiger charge is -2.13. The van der Waals surface area contributed by atoms with Crippen LogP contribution in [0.5, 0.6) is 0 Å². The molecule has 1 N–H and O–H groups in total. The van der Waals surface area contributed by atoms with Gasteiger partial charge in [-0.05, 0) is 40.0 Å². The van der Waals surface area contributed by atoms with Crippen LogP contribution in [0.3, 0.4) is 0 Å². The summed E-state index contributed by atoms with van der Waals surface area (Å²) < 4.78 is 1.11. The van der Waals surface area contributed by atoms with Crippen molar-refractivity contribution < 1.29 is 9.90 Å². The lowest BCUT2D eigenvalue weighted by molar-refractivity contribution is -0.137. The van der Waals surface area contributed by atoms with Gasteiger partial charge in [-0.15, -0.1) is 11.3 Å². The molecule has 0 unspecified atom stereocenters. The number of aliphatic carboxylic acids is 1. The van der Waals surface area contributed by atoms with Crippen LogP contribution < -0.4 is 0 Å². The number of thiophene rings is 1. The molecule has 1 aromatic heterocycles. The van der Waals surface area contributed by atoms with Crippen molar-refractivity contribution in [1.82, 2.24) is 4.90 Å². The predicted molar refractivity (Wildman–Crippen MR) is 60.6 cm³/mol. The molecule has 78 valence electrons. The molecule has 0 spiro atoms. The van der Waals surface area contributed by atoms with Gasteiger partial charge in [0.2, 0.25) is 0 Å². The molecule has 0 aromatic carbocycles. The average Bonchev–Trinajstić information content (AvgIpc) is 2.48. The highest BCUT2D eigenvalue weighted by Gasteiger charge is 2.04. The van der Waals surface area contributed by atoms with Gasteiger partial charge in [0.05, 0.1) is 10.2 Å². The molecule has 1 aromatic rings. The summed E-state index contributed by atoms with van der Waals surface area (Å²) in [5.41, 5.74) is 1.22. The Labute approximate surface area is 95.5 Å². The Morgan fingerprint density at radius 2 is 2.43 bits per heavy atom. The first kappa shape index (κ1) is 11.7. The second-order valence-electron chi connectivity index (χ2n) is 3.14. The van der Waals surface area contributed by atoms with Gasteiger partial charge in [-0.1, -0.05) is 0 Å². The van der Waals surface area contributed by atoms with Gasteiger partial charge in [0.25, 0.3) is 0 Å². The fraction of sp³-hybridized carbons (Fsp3) is 0.444. The molecule has 0 radical (unpaired) electrons. The number of carboxylic acids is 1. The van der Waals surface area contributed by atoms with Gasteiger partial charge in [0.1, 0.15) is 0 Å². The third-order valence-electron chi connectivity index (χ3n) is 1.78. The molecule has 0 aliphatic rings. The van der Waals surface area contributed by atoms with Crippen molar-refractivity contribution in [2.24, 2.45) is 0 Å². The summed E-state index contributed by atoms with van der Waals surface area (Å²) in [4.78, 5) is 12.3. The maximum Gasteiger partial charge on any atom is 0.304 e. The first-order chi connectivity index (χ1) is 6.58. The molecule has 1 rings (SSSR count). The van der Waals surface area contributed by atoms with Crippen LogP contribution in [-0.2, 0) is 11.3 Å². The van der Waals surface area contributed by atoms with E-state index in [2.05, 4.69) is 27.4 Å². The predicted octanol–water partition coefficient (Wildman–Crippen LogP) is 2.42. The zero-order chi connectivity index (χ0) is 10.6. The third kappa shape index (κ3) is 4.21. The molecular weight excluding hydrogens is 266 g/mol. The highest BCUT2D eigenvalue weighted by Crippen LogP contribution is 2.21. The van der Waals surface area contributed by atoms with Gasteiger partial charge in [0, 0.05) is 13.1 Å². The molecular formula is C9H12BrNO2S. The van der Waals surface area contributed by atoms with Crippen molar-refractivity contribution in [1.29, 1.82) is 0 Å². The molecule has 5 heteroatoms. The SMILES string of the molecule is CN(CCC(=O)O)Cc1csc(Br)c1. The van der Waals surface area contributed by atoms with Crippen LogP contribution in [0, 0.1) is 0 Å². The second-order valence-corrected chi connectivity index (χ2v) is 5.43. The Morgan fingerprint density at radius 3 is 2.93 bits per heavy atom. The summed E-state index contributed by atoms with van der Waals surface area (Å²) in [6, 6.07) is 2.06. The maximum atomic E-state index is 10.3. The fourth-order valence-electron chi connectivity index (χ4n) is 1.11. The van der Waals surface area contributed by atoms with E-state index in [0.717, 1.165) is 10.3 Å². The number of hydrogen-bond acceptors (Lipinski definition) is 3. The largest absolute Gasteiger partial charge is 0.481 e. The van der Waals surface area contributed by atoms with E-state index in [0.29, 0.717) is 6.54 Å². The van der Waals surface area contributed by atoms with Crippen molar-refractivity contribution in [3.63, 3.8) is 0 Å². The number of halogens is 1. The van der Waals surface area contributed by atoms with Crippen molar-refractivity contribution in [3.05, 3.63) is 20.8 Å². The second kappa shape index (κ2) is 5.48. The van der Waals surface area contributed by atoms with E-state index in [-0.39, 0.29) is 6.42 Å². The lowest BCUT2D eigenvalue weighted by atomic mass is 10.3. The number of rotatable bonds is 5. The quantitative estimate of drug-likeness (QED) is 0.899. The smallest absolute Gasteiger partial charge is 0.304 e. The summed E-state index contributed by atoms with van der Waals surface area (Å²) in [7, 11) is 1.93. The summed E-state index contributed by atoms with van der Waals surface area (Å²) in [5, 5.41) is 10.6. The molecule has 0 aliphatic heterocycles. The lowest BCUT2D eigenvalue weighted by Crippen LogP contribution is -2.20. The van der Waals surface area contributed by atoms with Crippen LogP contribution in [0.15, 0.2) is 15.2 Å². The zero-order valence-electron chi connectivity index (χ0n) is 7.86. The van der Waals surface area contributed by atoms with E-state index < -0.39 is 5.97 Å². The van der Waals surface area contributed by atoms with Crippen molar-refractivity contribution in [3.8, 4) is 0 Å². The Hall–Kier alpha value is -0.390. The van der Waals surface area contributed by atoms with Crippen LogP contribution in [0.1, 0.15) is 12.0 Å². The van der Waals surface area contributed by atoms with E-state index in [4.69, 9.17) is 5.11 Å². The van der Waals surface area contributed by atoms with Gasteiger partial charge >= 0.3 is 5.97 Å². The first-order valence-electron chi connectivity index (χ1n) is 4.21. The molecule has 0 fully saturated rings. The van der Waals surface area contributed by atoms with Gasteiger partial charge in [-0.3, -0.25) is 4.79 Å². The fourth-order valence-corrected chi connectivity index (χ4v) is 2.31. The normalized spacial score (nSPS) is 10.8. The van der Waals surface area contributed by atoms with Crippen LogP contribution in [0.2, 0.25) is 0 Å². The number of carboxylic acid groups (broad SMARTS) is 1. The number of carbonyl (C=O) groups is 1. The number of hydrogen-bond donors (Lipinski definition) is 1. The van der Waals surface area contributed by atoms with Crippen molar-refractivity contribution in [2.75, 3.05) is 13.6 Å². The van der Waals surface area contributed by atoms with Crippen LogP contribution in [0.4, 0.5) is 0 Å². The molecule has 14 heavy (non-hydrogen) atoms. The molecule has 3 nitrogen and oxygen atoms in total. The number of nitrogens with zero attached hydrogens (tertiary/aromatic N) is 1. The zero-order valence-corrected chi connectivity index (χ0v) is 10.3. The Morgan fingerprint density at radius 1 is 1.71 bits per heavy atom. The first-order valence-corrected chi connectivity index (χ1v) is 5.88. The third-order valence-corrected chi connectivity index (χ3v) is 3.33. The van der Waals surface area contributed by atoms with E-state index in [1.807, 2.05) is 11.9 Å². The van der Waals surface area contributed by atoms with Crippen molar-refractivity contribution in [2.45, 2.75) is 13.0 Å². The molecule has 0 aliphatic carbocycles. The van der Waals surface area contributed by atoms with Gasteiger partial charge in [-0.25, -0.2) is 0 Å². The molecule has 0 amide bonds. The Kier molecular flexibility index (Phi) is 4.57. The monoisotopic (exact) mass is 277 g/mol. The van der Waals surface area contributed by atoms with Crippen molar-refractivity contribution >= 4 is 33.2 Å². The van der Waals surface area contributed by atoms with E-state index in [1.165, 1.54) is 5.56 Å². The molecule has 0 atom stereocenters. The highest BCUT2D eigenvalue weighted by atomic mass is 79.9. The Bertz CT molecular complexity index is 314. The standard InChI is InChI=1S/C9H12BrNO2S/c1-11(3-2-9(12)13)5-7-4-8(10)14-6-7/h4,6H,2-3,5H2,1H3,(H,12,13). The van der Waals surface area contributed by atoms with E-state index >= 15 is 0 Å². The average molecular weight is 278 g/mol.